The zero-order chi connectivity index (χ0) is 17.0. The predicted octanol–water partition coefficient (Wildman–Crippen LogP) is 4.22. The van der Waals surface area contributed by atoms with Crippen LogP contribution >= 0.6 is 23.2 Å². The zero-order valence-electron chi connectivity index (χ0n) is 12.8. The number of hydrogen-bond acceptors (Lipinski definition) is 3. The van der Waals surface area contributed by atoms with Gasteiger partial charge in [-0.25, -0.2) is 8.42 Å². The van der Waals surface area contributed by atoms with Crippen LogP contribution in [-0.2, 0) is 16.6 Å². The molecule has 0 aromatic heterocycles. The molecule has 2 aromatic carbocycles. The normalized spacial score (nSPS) is 12.9. The summed E-state index contributed by atoms with van der Waals surface area (Å²) >= 11 is 12.2. The molecule has 0 aliphatic carbocycles. The van der Waals surface area contributed by atoms with E-state index in [1.165, 1.54) is 0 Å². The first-order valence-corrected chi connectivity index (χ1v) is 9.65. The number of anilines is 1. The Morgan fingerprint density at radius 3 is 2.35 bits per heavy atom. The third kappa shape index (κ3) is 5.39. The molecule has 0 radical (unpaired) electrons. The van der Waals surface area contributed by atoms with Crippen molar-refractivity contribution in [3.05, 3.63) is 63.6 Å². The number of rotatable bonds is 6. The molecule has 0 spiro atoms. The molecule has 0 bridgehead atoms. The van der Waals surface area contributed by atoms with Gasteiger partial charge in [-0.1, -0.05) is 47.5 Å². The summed E-state index contributed by atoms with van der Waals surface area (Å²) in [5.74, 6) is 0. The SMILES string of the molecule is C[C@H](NCc1cccc(Cl)c1Cl)c1ccc(NS(C)(=O)=O)cc1. The van der Waals surface area contributed by atoms with Crippen molar-refractivity contribution in [1.29, 1.82) is 0 Å². The van der Waals surface area contributed by atoms with E-state index in [0.29, 0.717) is 22.3 Å². The van der Waals surface area contributed by atoms with Crippen LogP contribution < -0.4 is 10.0 Å². The molecule has 0 unspecified atom stereocenters. The molecule has 0 amide bonds. The van der Waals surface area contributed by atoms with Crippen molar-refractivity contribution < 1.29 is 8.42 Å². The Morgan fingerprint density at radius 1 is 1.09 bits per heavy atom. The highest BCUT2D eigenvalue weighted by atomic mass is 35.5. The number of benzene rings is 2. The van der Waals surface area contributed by atoms with Gasteiger partial charge in [-0.15, -0.1) is 0 Å². The minimum atomic E-state index is -3.26. The van der Waals surface area contributed by atoms with Crippen LogP contribution in [0.4, 0.5) is 5.69 Å². The maximum atomic E-state index is 11.2. The molecule has 0 heterocycles. The highest BCUT2D eigenvalue weighted by molar-refractivity contribution is 7.92. The number of halogens is 2. The van der Waals surface area contributed by atoms with Crippen LogP contribution in [0.3, 0.4) is 0 Å². The number of hydrogen-bond donors (Lipinski definition) is 2. The topological polar surface area (TPSA) is 58.2 Å². The van der Waals surface area contributed by atoms with Crippen molar-refractivity contribution in [3.8, 4) is 0 Å². The average molecular weight is 373 g/mol. The van der Waals surface area contributed by atoms with Gasteiger partial charge in [0.1, 0.15) is 0 Å². The van der Waals surface area contributed by atoms with Crippen molar-refractivity contribution in [2.24, 2.45) is 0 Å². The molecule has 2 aromatic rings. The van der Waals surface area contributed by atoms with Crippen LogP contribution in [0.15, 0.2) is 42.5 Å². The van der Waals surface area contributed by atoms with E-state index in [2.05, 4.69) is 10.0 Å². The van der Waals surface area contributed by atoms with Crippen molar-refractivity contribution in [2.45, 2.75) is 19.5 Å². The molecule has 2 N–H and O–H groups in total. The van der Waals surface area contributed by atoms with E-state index >= 15 is 0 Å². The predicted molar refractivity (Wildman–Crippen MR) is 96.6 cm³/mol. The Kier molecular flexibility index (Phi) is 5.92. The Bertz CT molecular complexity index is 777. The lowest BCUT2D eigenvalue weighted by atomic mass is 10.1. The Hall–Kier alpha value is -1.27. The summed E-state index contributed by atoms with van der Waals surface area (Å²) in [6.07, 6.45) is 1.12. The summed E-state index contributed by atoms with van der Waals surface area (Å²) < 4.78 is 24.8. The van der Waals surface area contributed by atoms with Gasteiger partial charge < -0.3 is 5.32 Å². The van der Waals surface area contributed by atoms with Crippen LogP contribution in [0.25, 0.3) is 0 Å². The second-order valence-corrected chi connectivity index (χ2v) is 7.85. The lowest BCUT2D eigenvalue weighted by Gasteiger charge is -2.16. The summed E-state index contributed by atoms with van der Waals surface area (Å²) in [6, 6.07) is 12.9. The summed E-state index contributed by atoms with van der Waals surface area (Å²) in [4.78, 5) is 0. The van der Waals surface area contributed by atoms with Crippen molar-refractivity contribution >= 4 is 38.9 Å². The molecule has 1 atom stereocenters. The van der Waals surface area contributed by atoms with Gasteiger partial charge in [-0.2, -0.15) is 0 Å². The van der Waals surface area contributed by atoms with Crippen molar-refractivity contribution in [1.82, 2.24) is 5.32 Å². The van der Waals surface area contributed by atoms with Gasteiger partial charge in [-0.3, -0.25) is 4.72 Å². The molecule has 124 valence electrons. The summed E-state index contributed by atoms with van der Waals surface area (Å²) in [5.41, 5.74) is 2.52. The Labute approximate surface area is 146 Å². The highest BCUT2D eigenvalue weighted by Crippen LogP contribution is 2.26. The van der Waals surface area contributed by atoms with Crippen LogP contribution in [0.5, 0.6) is 0 Å². The van der Waals surface area contributed by atoms with E-state index in [1.807, 2.05) is 31.2 Å². The fourth-order valence-corrected chi connectivity index (χ4v) is 3.07. The maximum Gasteiger partial charge on any atom is 0.229 e. The van der Waals surface area contributed by atoms with Gasteiger partial charge in [0.05, 0.1) is 16.3 Å². The molecule has 0 aliphatic heterocycles. The van der Waals surface area contributed by atoms with Gasteiger partial charge in [0, 0.05) is 18.3 Å². The van der Waals surface area contributed by atoms with Gasteiger partial charge in [0.15, 0.2) is 0 Å². The smallest absolute Gasteiger partial charge is 0.229 e. The molecular formula is C16H18Cl2N2O2S. The number of sulfonamides is 1. The van der Waals surface area contributed by atoms with Crippen LogP contribution in [0.2, 0.25) is 10.0 Å². The zero-order valence-corrected chi connectivity index (χ0v) is 15.1. The molecule has 2 rings (SSSR count). The second kappa shape index (κ2) is 7.53. The molecule has 0 fully saturated rings. The van der Waals surface area contributed by atoms with E-state index in [0.717, 1.165) is 17.4 Å². The van der Waals surface area contributed by atoms with Crippen LogP contribution in [0, 0.1) is 0 Å². The molecule has 0 aliphatic rings. The molecule has 23 heavy (non-hydrogen) atoms. The van der Waals surface area contributed by atoms with Gasteiger partial charge in [0.25, 0.3) is 0 Å². The fourth-order valence-electron chi connectivity index (χ4n) is 2.12. The first kappa shape index (κ1) is 18.1. The second-order valence-electron chi connectivity index (χ2n) is 5.31. The minimum absolute atomic E-state index is 0.0809. The molecule has 7 heteroatoms. The van der Waals surface area contributed by atoms with E-state index in [-0.39, 0.29) is 6.04 Å². The van der Waals surface area contributed by atoms with E-state index < -0.39 is 10.0 Å². The van der Waals surface area contributed by atoms with E-state index in [1.54, 1.807) is 18.2 Å². The maximum absolute atomic E-state index is 11.2. The van der Waals surface area contributed by atoms with Crippen LogP contribution in [0.1, 0.15) is 24.1 Å². The Morgan fingerprint density at radius 2 is 1.74 bits per heavy atom. The minimum Gasteiger partial charge on any atom is -0.306 e. The van der Waals surface area contributed by atoms with Gasteiger partial charge >= 0.3 is 0 Å². The standard InChI is InChI=1S/C16H18Cl2N2O2S/c1-11(19-10-13-4-3-5-15(17)16(13)18)12-6-8-14(9-7-12)20-23(2,21)22/h3-9,11,19-20H,10H2,1-2H3/t11-/m0/s1. The highest BCUT2D eigenvalue weighted by Gasteiger charge is 2.09. The third-order valence-corrected chi connectivity index (χ3v) is 4.81. The quantitative estimate of drug-likeness (QED) is 0.797. The fraction of sp³-hybridized carbons (Fsp3) is 0.250. The first-order chi connectivity index (χ1) is 10.8. The molecule has 0 saturated heterocycles. The average Bonchev–Trinajstić information content (AvgIpc) is 2.47. The monoisotopic (exact) mass is 372 g/mol. The van der Waals surface area contributed by atoms with Gasteiger partial charge in [0.2, 0.25) is 10.0 Å². The lowest BCUT2D eigenvalue weighted by molar-refractivity contribution is 0.575. The molecule has 4 nitrogen and oxygen atoms in total. The largest absolute Gasteiger partial charge is 0.306 e. The molecule has 0 saturated carbocycles. The summed E-state index contributed by atoms with van der Waals surface area (Å²) in [6.45, 7) is 2.61. The van der Waals surface area contributed by atoms with Crippen molar-refractivity contribution in [3.63, 3.8) is 0 Å². The van der Waals surface area contributed by atoms with E-state index in [9.17, 15) is 8.42 Å². The summed E-state index contributed by atoms with van der Waals surface area (Å²) in [7, 11) is -3.26. The van der Waals surface area contributed by atoms with Crippen LogP contribution in [-0.4, -0.2) is 14.7 Å². The van der Waals surface area contributed by atoms with E-state index in [4.69, 9.17) is 23.2 Å². The molecular weight excluding hydrogens is 355 g/mol. The van der Waals surface area contributed by atoms with Crippen molar-refractivity contribution in [2.75, 3.05) is 11.0 Å². The lowest BCUT2D eigenvalue weighted by Crippen LogP contribution is -2.18. The summed E-state index contributed by atoms with van der Waals surface area (Å²) in [5, 5.41) is 4.46. The van der Waals surface area contributed by atoms with Gasteiger partial charge in [-0.05, 0) is 36.2 Å². The third-order valence-electron chi connectivity index (χ3n) is 3.34. The number of nitrogens with one attached hydrogen (secondary N) is 2. The Balaban J connectivity index is 2.00. The first-order valence-electron chi connectivity index (χ1n) is 7.00.